The highest BCUT2D eigenvalue weighted by Gasteiger charge is 2.32. The Labute approximate surface area is 160 Å². The van der Waals surface area contributed by atoms with Crippen LogP contribution in [0.1, 0.15) is 19.4 Å². The van der Waals surface area contributed by atoms with Crippen molar-refractivity contribution in [2.24, 2.45) is 0 Å². The summed E-state index contributed by atoms with van der Waals surface area (Å²) in [7, 11) is 0. The number of rotatable bonds is 5. The van der Waals surface area contributed by atoms with Crippen molar-refractivity contribution in [1.29, 1.82) is 0 Å². The minimum atomic E-state index is -0.628. The summed E-state index contributed by atoms with van der Waals surface area (Å²) in [6.07, 6.45) is 0.771. The normalized spacial score (nSPS) is 14.4. The summed E-state index contributed by atoms with van der Waals surface area (Å²) in [6.45, 7) is 3.34. The summed E-state index contributed by atoms with van der Waals surface area (Å²) in [4.78, 5) is 24.4. The first kappa shape index (κ1) is 18.0. The predicted octanol–water partition coefficient (Wildman–Crippen LogP) is 2.08. The lowest BCUT2D eigenvalue weighted by Crippen LogP contribution is -2.27. The molecule has 0 bridgehead atoms. The maximum absolute atomic E-state index is 12.3. The highest BCUT2D eigenvalue weighted by molar-refractivity contribution is 5.76. The van der Waals surface area contributed by atoms with Gasteiger partial charge in [0, 0.05) is 12.0 Å². The first-order chi connectivity index (χ1) is 13.4. The zero-order chi connectivity index (χ0) is 19.7. The second kappa shape index (κ2) is 6.95. The van der Waals surface area contributed by atoms with E-state index in [-0.39, 0.29) is 24.5 Å². The van der Waals surface area contributed by atoms with Crippen LogP contribution in [0.4, 0.5) is 0 Å². The summed E-state index contributed by atoms with van der Waals surface area (Å²) in [5.41, 5.74) is 0.835. The van der Waals surface area contributed by atoms with Gasteiger partial charge in [-0.15, -0.1) is 5.10 Å². The number of benzene rings is 2. The molecule has 0 radical (unpaired) electrons. The molecule has 0 fully saturated rings. The lowest BCUT2D eigenvalue weighted by atomic mass is 10.0. The Bertz CT molecular complexity index is 1110. The fourth-order valence-electron chi connectivity index (χ4n) is 3.12. The van der Waals surface area contributed by atoms with E-state index in [1.807, 2.05) is 26.0 Å². The molecule has 0 unspecified atom stereocenters. The molecule has 0 spiro atoms. The highest BCUT2D eigenvalue weighted by atomic mass is 16.6. The lowest BCUT2D eigenvalue weighted by molar-refractivity contribution is -0.150. The second-order valence-corrected chi connectivity index (χ2v) is 7.13. The number of hydrogen-bond acceptors (Lipinski definition) is 7. The van der Waals surface area contributed by atoms with Crippen LogP contribution in [0.25, 0.3) is 10.9 Å². The molecule has 1 aliphatic rings. The monoisotopic (exact) mass is 381 g/mol. The van der Waals surface area contributed by atoms with Crippen molar-refractivity contribution in [3.8, 4) is 11.5 Å². The van der Waals surface area contributed by atoms with Gasteiger partial charge in [-0.3, -0.25) is 4.79 Å². The van der Waals surface area contributed by atoms with Crippen LogP contribution in [0.3, 0.4) is 0 Å². The van der Waals surface area contributed by atoms with E-state index in [9.17, 15) is 9.59 Å². The van der Waals surface area contributed by atoms with Gasteiger partial charge in [-0.2, -0.15) is 4.68 Å². The van der Waals surface area contributed by atoms with Crippen molar-refractivity contribution in [3.05, 3.63) is 58.4 Å². The molecule has 8 nitrogen and oxygen atoms in total. The van der Waals surface area contributed by atoms with Gasteiger partial charge in [0.1, 0.15) is 11.1 Å². The number of esters is 1. The third kappa shape index (κ3) is 3.53. The fourth-order valence-corrected chi connectivity index (χ4v) is 3.12. The molecular weight excluding hydrogens is 362 g/mol. The van der Waals surface area contributed by atoms with Crippen molar-refractivity contribution in [2.75, 3.05) is 6.61 Å². The third-order valence-corrected chi connectivity index (χ3v) is 4.38. The van der Waals surface area contributed by atoms with Crippen LogP contribution in [0, 0.1) is 0 Å². The molecule has 0 atom stereocenters. The highest BCUT2D eigenvalue weighted by Crippen LogP contribution is 2.41. The Kier molecular flexibility index (Phi) is 4.46. The van der Waals surface area contributed by atoms with E-state index in [2.05, 4.69) is 10.3 Å². The SMILES string of the molecule is CC1(C)Cc2cccc(OCC(=O)OCn3nnc4ccccc4c3=O)c2O1. The molecule has 1 aliphatic heterocycles. The summed E-state index contributed by atoms with van der Waals surface area (Å²) in [6, 6.07) is 12.4. The van der Waals surface area contributed by atoms with Crippen LogP contribution in [-0.2, 0) is 22.7 Å². The standard InChI is InChI=1S/C20H19N3O5/c1-20(2)10-13-6-5-9-16(18(13)28-20)26-11-17(24)27-12-23-19(25)14-7-3-4-8-15(14)21-22-23/h3-9H,10-12H2,1-2H3. The average molecular weight is 381 g/mol. The van der Waals surface area contributed by atoms with Crippen LogP contribution in [-0.4, -0.2) is 33.2 Å². The molecule has 144 valence electrons. The number of ether oxygens (including phenoxy) is 3. The Balaban J connectivity index is 1.39. The Morgan fingerprint density at radius 2 is 2.04 bits per heavy atom. The number of fused-ring (bicyclic) bond motifs is 2. The zero-order valence-electron chi connectivity index (χ0n) is 15.5. The Hall–Kier alpha value is -3.42. The summed E-state index contributed by atoms with van der Waals surface area (Å²) < 4.78 is 17.6. The minimum absolute atomic E-state index is 0.307. The fraction of sp³-hybridized carbons (Fsp3) is 0.300. The molecule has 28 heavy (non-hydrogen) atoms. The third-order valence-electron chi connectivity index (χ3n) is 4.38. The van der Waals surface area contributed by atoms with Gasteiger partial charge >= 0.3 is 5.97 Å². The van der Waals surface area contributed by atoms with Crippen LogP contribution in [0.5, 0.6) is 11.5 Å². The minimum Gasteiger partial charge on any atom is -0.483 e. The molecule has 0 amide bonds. The molecule has 2 heterocycles. The summed E-state index contributed by atoms with van der Waals surface area (Å²) >= 11 is 0. The van der Waals surface area contributed by atoms with Gasteiger partial charge in [0.15, 0.2) is 24.8 Å². The van der Waals surface area contributed by atoms with E-state index in [4.69, 9.17) is 14.2 Å². The molecule has 2 aromatic carbocycles. The Morgan fingerprint density at radius 3 is 2.89 bits per heavy atom. The van der Waals surface area contributed by atoms with Crippen molar-refractivity contribution in [3.63, 3.8) is 0 Å². The van der Waals surface area contributed by atoms with Crippen molar-refractivity contribution in [2.45, 2.75) is 32.6 Å². The van der Waals surface area contributed by atoms with E-state index in [0.29, 0.717) is 22.4 Å². The molecular formula is C20H19N3O5. The van der Waals surface area contributed by atoms with Crippen LogP contribution >= 0.6 is 0 Å². The number of aromatic nitrogens is 3. The second-order valence-electron chi connectivity index (χ2n) is 7.13. The molecule has 0 saturated heterocycles. The van der Waals surface area contributed by atoms with Crippen LogP contribution in [0.2, 0.25) is 0 Å². The quantitative estimate of drug-likeness (QED) is 0.625. The van der Waals surface area contributed by atoms with Gasteiger partial charge in [0.2, 0.25) is 0 Å². The lowest BCUT2D eigenvalue weighted by Gasteiger charge is -2.18. The summed E-state index contributed by atoms with van der Waals surface area (Å²) in [5.74, 6) is 0.510. The van der Waals surface area contributed by atoms with Gasteiger partial charge in [-0.25, -0.2) is 4.79 Å². The average Bonchev–Trinajstić information content (AvgIpc) is 3.00. The van der Waals surface area contributed by atoms with Gasteiger partial charge in [-0.1, -0.05) is 29.5 Å². The Morgan fingerprint density at radius 1 is 1.21 bits per heavy atom. The van der Waals surface area contributed by atoms with E-state index < -0.39 is 5.97 Å². The van der Waals surface area contributed by atoms with Crippen LogP contribution in [0.15, 0.2) is 47.3 Å². The topological polar surface area (TPSA) is 92.5 Å². The maximum atomic E-state index is 12.3. The molecule has 0 saturated carbocycles. The van der Waals surface area contributed by atoms with Gasteiger partial charge < -0.3 is 14.2 Å². The molecule has 0 N–H and O–H groups in total. The van der Waals surface area contributed by atoms with E-state index >= 15 is 0 Å². The number of carbonyl (C=O) groups excluding carboxylic acids is 1. The van der Waals surface area contributed by atoms with Crippen LogP contribution < -0.4 is 15.0 Å². The number of hydrogen-bond donors (Lipinski definition) is 0. The van der Waals surface area contributed by atoms with Gasteiger partial charge in [0.25, 0.3) is 5.56 Å². The maximum Gasteiger partial charge on any atom is 0.345 e. The molecule has 4 rings (SSSR count). The zero-order valence-corrected chi connectivity index (χ0v) is 15.5. The van der Waals surface area contributed by atoms with Crippen molar-refractivity contribution in [1.82, 2.24) is 15.0 Å². The smallest absolute Gasteiger partial charge is 0.345 e. The number of para-hydroxylation sites is 1. The predicted molar refractivity (Wildman–Crippen MR) is 100 cm³/mol. The van der Waals surface area contributed by atoms with Gasteiger partial charge in [-0.05, 0) is 32.0 Å². The molecule has 0 aliphatic carbocycles. The van der Waals surface area contributed by atoms with E-state index in [1.54, 1.807) is 30.3 Å². The van der Waals surface area contributed by atoms with Crippen molar-refractivity contribution >= 4 is 16.9 Å². The first-order valence-corrected chi connectivity index (χ1v) is 8.85. The molecule has 1 aromatic heterocycles. The van der Waals surface area contributed by atoms with Crippen molar-refractivity contribution < 1.29 is 19.0 Å². The summed E-state index contributed by atoms with van der Waals surface area (Å²) in [5, 5.41) is 8.12. The van der Waals surface area contributed by atoms with Gasteiger partial charge in [0.05, 0.1) is 5.39 Å². The largest absolute Gasteiger partial charge is 0.483 e. The van der Waals surface area contributed by atoms with E-state index in [1.165, 1.54) is 0 Å². The van der Waals surface area contributed by atoms with E-state index in [0.717, 1.165) is 16.7 Å². The molecule has 3 aromatic rings. The number of carbonyl (C=O) groups is 1. The number of nitrogens with zero attached hydrogens (tertiary/aromatic N) is 3. The molecule has 8 heteroatoms. The first-order valence-electron chi connectivity index (χ1n) is 8.85.